The molecule has 0 bridgehead atoms. The summed E-state index contributed by atoms with van der Waals surface area (Å²) in [6.07, 6.45) is 0. The molecule has 0 heterocycles. The third-order valence-corrected chi connectivity index (χ3v) is 2.55. The highest BCUT2D eigenvalue weighted by molar-refractivity contribution is 6.42. The second-order valence-corrected chi connectivity index (χ2v) is 4.04. The molecule has 2 rings (SSSR count). The molecule has 0 unspecified atom stereocenters. The summed E-state index contributed by atoms with van der Waals surface area (Å²) in [5, 5.41) is 21.8. The lowest BCUT2D eigenvalue weighted by Gasteiger charge is -2.02. The van der Waals surface area contributed by atoms with Gasteiger partial charge >= 0.3 is 11.9 Å². The van der Waals surface area contributed by atoms with E-state index in [0.29, 0.717) is 0 Å². The van der Waals surface area contributed by atoms with Gasteiger partial charge in [-0.25, -0.2) is 9.59 Å². The van der Waals surface area contributed by atoms with E-state index in [2.05, 4.69) is 9.99 Å². The molecule has 0 spiro atoms. The van der Waals surface area contributed by atoms with Crippen LogP contribution in [0.15, 0.2) is 59.8 Å². The molecule has 0 atom stereocenters. The van der Waals surface area contributed by atoms with Crippen molar-refractivity contribution in [2.75, 3.05) is 0 Å². The summed E-state index contributed by atoms with van der Waals surface area (Å²) < 4.78 is 0. The first-order valence-corrected chi connectivity index (χ1v) is 5.95. The first-order chi connectivity index (χ1) is 10.1. The number of rotatable bonds is 4. The third-order valence-electron chi connectivity index (χ3n) is 2.55. The molecule has 6 nitrogen and oxygen atoms in total. The number of hydrogen-bond donors (Lipinski definition) is 2. The maximum absolute atomic E-state index is 11.7. The van der Waals surface area contributed by atoms with Crippen LogP contribution < -0.4 is 0 Å². The van der Waals surface area contributed by atoms with Crippen LogP contribution in [0, 0.1) is 0 Å². The lowest BCUT2D eigenvalue weighted by molar-refractivity contribution is -0.129. The average Bonchev–Trinajstić information content (AvgIpc) is 2.48. The quantitative estimate of drug-likeness (QED) is 0.509. The Kier molecular flexibility index (Phi) is 4.30. The lowest BCUT2D eigenvalue weighted by atomic mass is 10.1. The minimum atomic E-state index is -1.37. The van der Waals surface area contributed by atoms with Crippen molar-refractivity contribution in [3.63, 3.8) is 0 Å². The topological polar surface area (TPSA) is 96.2 Å². The standard InChI is InChI=1S/C15H11NO5/c17-12-8-4-7-11(9-12)13(14(18)19)16-21-15(20)10-5-2-1-3-6-10/h1-9,17H,(H,18,19)/b16-13+. The number of phenolic OH excluding ortho intramolecular Hbond substituents is 1. The van der Waals surface area contributed by atoms with E-state index in [9.17, 15) is 14.7 Å². The van der Waals surface area contributed by atoms with Crippen LogP contribution in [0.2, 0.25) is 0 Å². The molecule has 0 saturated heterocycles. The maximum atomic E-state index is 11.7. The molecule has 0 radical (unpaired) electrons. The summed E-state index contributed by atoms with van der Waals surface area (Å²) in [5.74, 6) is -2.26. The van der Waals surface area contributed by atoms with Crippen LogP contribution in [-0.4, -0.2) is 27.9 Å². The van der Waals surface area contributed by atoms with E-state index < -0.39 is 17.7 Å². The number of carbonyl (C=O) groups excluding carboxylic acids is 1. The maximum Gasteiger partial charge on any atom is 0.365 e. The minimum absolute atomic E-state index is 0.115. The van der Waals surface area contributed by atoms with Gasteiger partial charge in [-0.3, -0.25) is 0 Å². The molecule has 0 aliphatic carbocycles. The number of benzene rings is 2. The Balaban J connectivity index is 2.23. The van der Waals surface area contributed by atoms with Gasteiger partial charge < -0.3 is 15.1 Å². The zero-order chi connectivity index (χ0) is 15.2. The average molecular weight is 285 g/mol. The predicted octanol–water partition coefficient (Wildman–Crippen LogP) is 2.04. The number of carbonyl (C=O) groups is 2. The summed E-state index contributed by atoms with van der Waals surface area (Å²) in [5.41, 5.74) is -0.0968. The fraction of sp³-hybridized carbons (Fsp3) is 0. The van der Waals surface area contributed by atoms with Crippen LogP contribution in [0.3, 0.4) is 0 Å². The molecule has 0 fully saturated rings. The Morgan fingerprint density at radius 1 is 0.952 bits per heavy atom. The third kappa shape index (κ3) is 3.66. The largest absolute Gasteiger partial charge is 0.508 e. The summed E-state index contributed by atoms with van der Waals surface area (Å²) in [6, 6.07) is 13.6. The van der Waals surface area contributed by atoms with Crippen LogP contribution in [0.25, 0.3) is 0 Å². The second-order valence-electron chi connectivity index (χ2n) is 4.04. The second kappa shape index (κ2) is 6.33. The smallest absolute Gasteiger partial charge is 0.365 e. The SMILES string of the molecule is O=C(O)/C(=N/OC(=O)c1ccccc1)c1cccc(O)c1. The van der Waals surface area contributed by atoms with Crippen LogP contribution in [0.5, 0.6) is 5.75 Å². The number of aromatic hydroxyl groups is 1. The number of phenols is 1. The van der Waals surface area contributed by atoms with Crippen LogP contribution in [0.1, 0.15) is 15.9 Å². The highest BCUT2D eigenvalue weighted by atomic mass is 16.7. The molecule has 21 heavy (non-hydrogen) atoms. The summed E-state index contributed by atoms with van der Waals surface area (Å²) in [7, 11) is 0. The molecule has 6 heteroatoms. The van der Waals surface area contributed by atoms with Crippen LogP contribution in [-0.2, 0) is 9.63 Å². The van der Waals surface area contributed by atoms with Gasteiger partial charge in [-0.1, -0.05) is 35.5 Å². The van der Waals surface area contributed by atoms with Gasteiger partial charge in [0.2, 0.25) is 0 Å². The molecule has 0 aromatic heterocycles. The molecule has 2 aromatic rings. The van der Waals surface area contributed by atoms with Gasteiger partial charge in [-0.2, -0.15) is 0 Å². The van der Waals surface area contributed by atoms with Crippen molar-refractivity contribution < 1.29 is 24.6 Å². The molecule has 0 amide bonds. The van der Waals surface area contributed by atoms with Gasteiger partial charge in [0.05, 0.1) is 5.56 Å². The van der Waals surface area contributed by atoms with Gasteiger partial charge in [0.25, 0.3) is 0 Å². The zero-order valence-electron chi connectivity index (χ0n) is 10.8. The summed E-state index contributed by atoms with van der Waals surface area (Å²) in [6.45, 7) is 0. The summed E-state index contributed by atoms with van der Waals surface area (Å²) in [4.78, 5) is 27.5. The van der Waals surface area contributed by atoms with Crippen molar-refractivity contribution >= 4 is 17.7 Å². The van der Waals surface area contributed by atoms with E-state index >= 15 is 0 Å². The van der Waals surface area contributed by atoms with Crippen molar-refractivity contribution in [3.8, 4) is 5.75 Å². The molecule has 2 N–H and O–H groups in total. The fourth-order valence-corrected chi connectivity index (χ4v) is 1.58. The van der Waals surface area contributed by atoms with Crippen molar-refractivity contribution in [3.05, 3.63) is 65.7 Å². The predicted molar refractivity (Wildman–Crippen MR) is 74.1 cm³/mol. The Morgan fingerprint density at radius 3 is 2.24 bits per heavy atom. The van der Waals surface area contributed by atoms with Crippen LogP contribution >= 0.6 is 0 Å². The number of carboxylic acid groups (broad SMARTS) is 1. The Bertz CT molecular complexity index is 694. The van der Waals surface area contributed by atoms with Gasteiger partial charge in [-0.15, -0.1) is 0 Å². The van der Waals surface area contributed by atoms with Crippen LogP contribution in [0.4, 0.5) is 0 Å². The molecular weight excluding hydrogens is 274 g/mol. The molecular formula is C15H11NO5. The van der Waals surface area contributed by atoms with E-state index in [1.165, 1.54) is 36.4 Å². The van der Waals surface area contributed by atoms with Gasteiger partial charge in [0, 0.05) is 5.56 Å². The van der Waals surface area contributed by atoms with Gasteiger partial charge in [-0.05, 0) is 24.3 Å². The fourth-order valence-electron chi connectivity index (χ4n) is 1.58. The number of carboxylic acids is 1. The Morgan fingerprint density at radius 2 is 1.62 bits per heavy atom. The van der Waals surface area contributed by atoms with Crippen molar-refractivity contribution in [2.24, 2.45) is 5.16 Å². The minimum Gasteiger partial charge on any atom is -0.508 e. The first kappa shape index (κ1) is 14.3. The number of hydrogen-bond acceptors (Lipinski definition) is 5. The molecule has 0 aliphatic heterocycles. The molecule has 0 saturated carbocycles. The van der Waals surface area contributed by atoms with E-state index in [1.54, 1.807) is 18.2 Å². The molecule has 2 aromatic carbocycles. The van der Waals surface area contributed by atoms with E-state index in [4.69, 9.17) is 5.11 Å². The normalized spacial score (nSPS) is 11.0. The number of nitrogens with zero attached hydrogens (tertiary/aromatic N) is 1. The van der Waals surface area contributed by atoms with E-state index in [-0.39, 0.29) is 16.9 Å². The highest BCUT2D eigenvalue weighted by Gasteiger charge is 2.16. The summed E-state index contributed by atoms with van der Waals surface area (Å²) >= 11 is 0. The van der Waals surface area contributed by atoms with Crippen molar-refractivity contribution in [1.82, 2.24) is 0 Å². The first-order valence-electron chi connectivity index (χ1n) is 5.95. The van der Waals surface area contributed by atoms with E-state index in [0.717, 1.165) is 0 Å². The van der Waals surface area contributed by atoms with Gasteiger partial charge in [0.15, 0.2) is 5.71 Å². The van der Waals surface area contributed by atoms with Crippen molar-refractivity contribution in [1.29, 1.82) is 0 Å². The Hall–Kier alpha value is -3.15. The monoisotopic (exact) mass is 285 g/mol. The number of oxime groups is 1. The highest BCUT2D eigenvalue weighted by Crippen LogP contribution is 2.12. The molecule has 0 aliphatic rings. The Labute approximate surface area is 119 Å². The zero-order valence-corrected chi connectivity index (χ0v) is 10.8. The van der Waals surface area contributed by atoms with Gasteiger partial charge in [0.1, 0.15) is 5.75 Å². The van der Waals surface area contributed by atoms with Crippen molar-refractivity contribution in [2.45, 2.75) is 0 Å². The number of aliphatic carboxylic acids is 1. The molecule has 106 valence electrons. The van der Waals surface area contributed by atoms with E-state index in [1.807, 2.05) is 0 Å². The lowest BCUT2D eigenvalue weighted by Crippen LogP contribution is -2.16.